The SMILES string of the molecule is [2H]c1cc([C@]2(C#N)O[C@H](COC(=O)CC)[C@H]3OC(=O)O[C@H]32)n2ncnc(N)c12. The van der Waals surface area contributed by atoms with Gasteiger partial charge in [-0.15, -0.1) is 0 Å². The molecule has 2 saturated heterocycles. The number of rotatable bonds is 4. The minimum atomic E-state index is -1.84. The Bertz CT molecular complexity index is 1020. The number of nitrogens with two attached hydrogens (primary N) is 1. The van der Waals surface area contributed by atoms with Gasteiger partial charge in [-0.05, 0) is 12.1 Å². The lowest BCUT2D eigenvalue weighted by Crippen LogP contribution is -2.39. The summed E-state index contributed by atoms with van der Waals surface area (Å²) in [5.41, 5.74) is 4.28. The summed E-state index contributed by atoms with van der Waals surface area (Å²) in [6, 6.07) is 3.32. The maximum absolute atomic E-state index is 11.7. The number of carbonyl (C=O) groups excluding carboxylic acids is 2. The molecule has 0 bridgehead atoms. The van der Waals surface area contributed by atoms with E-state index in [1.54, 1.807) is 6.92 Å². The molecule has 4 atom stereocenters. The molecule has 2 aliphatic heterocycles. The Morgan fingerprint density at radius 1 is 1.59 bits per heavy atom. The minimum absolute atomic E-state index is 0.0334. The molecule has 0 saturated carbocycles. The maximum atomic E-state index is 11.7. The molecule has 4 heterocycles. The average molecular weight is 374 g/mol. The third kappa shape index (κ3) is 2.45. The number of aromatic nitrogens is 3. The molecule has 0 radical (unpaired) electrons. The fraction of sp³-hybridized carbons (Fsp3) is 0.438. The molecule has 0 aliphatic carbocycles. The Morgan fingerprint density at radius 3 is 3.15 bits per heavy atom. The first kappa shape index (κ1) is 15.8. The topological polar surface area (TPSA) is 151 Å². The molecule has 2 aromatic rings. The Balaban J connectivity index is 1.80. The van der Waals surface area contributed by atoms with Crippen molar-refractivity contribution in [3.05, 3.63) is 24.1 Å². The normalized spacial score (nSPS) is 29.6. The molecule has 11 heteroatoms. The molecule has 2 aliphatic rings. The summed E-state index contributed by atoms with van der Waals surface area (Å²) in [6.07, 6.45) is -2.71. The highest BCUT2D eigenvalue weighted by atomic mass is 16.8. The van der Waals surface area contributed by atoms with Gasteiger partial charge in [0.05, 0.1) is 7.06 Å². The van der Waals surface area contributed by atoms with Crippen molar-refractivity contribution in [3.63, 3.8) is 0 Å². The minimum Gasteiger partial charge on any atom is -0.463 e. The zero-order valence-corrected chi connectivity index (χ0v) is 14.1. The van der Waals surface area contributed by atoms with E-state index in [1.807, 2.05) is 6.07 Å². The van der Waals surface area contributed by atoms with Crippen LogP contribution < -0.4 is 5.73 Å². The van der Waals surface area contributed by atoms with Crippen LogP contribution in [0.2, 0.25) is 0 Å². The van der Waals surface area contributed by atoms with Gasteiger partial charge >= 0.3 is 12.1 Å². The van der Waals surface area contributed by atoms with Crippen LogP contribution in [0.3, 0.4) is 0 Å². The predicted molar refractivity (Wildman–Crippen MR) is 86.0 cm³/mol. The molecule has 0 amide bonds. The molecule has 2 aromatic heterocycles. The fourth-order valence-corrected chi connectivity index (χ4v) is 3.24. The molecule has 0 spiro atoms. The van der Waals surface area contributed by atoms with Gasteiger partial charge in [0.25, 0.3) is 0 Å². The lowest BCUT2D eigenvalue weighted by atomic mass is 9.92. The Kier molecular flexibility index (Phi) is 3.58. The van der Waals surface area contributed by atoms with Crippen molar-refractivity contribution in [2.24, 2.45) is 0 Å². The van der Waals surface area contributed by atoms with Gasteiger partial charge in [-0.3, -0.25) is 4.79 Å². The summed E-state index contributed by atoms with van der Waals surface area (Å²) in [7, 11) is 0. The molecule has 2 fully saturated rings. The van der Waals surface area contributed by atoms with Crippen molar-refractivity contribution < 1.29 is 29.9 Å². The van der Waals surface area contributed by atoms with Crippen LogP contribution in [0.1, 0.15) is 20.4 Å². The van der Waals surface area contributed by atoms with Gasteiger partial charge in [-0.25, -0.2) is 14.3 Å². The number of nitriles is 1. The third-order valence-electron chi connectivity index (χ3n) is 4.49. The summed E-state index contributed by atoms with van der Waals surface area (Å²) >= 11 is 0. The summed E-state index contributed by atoms with van der Waals surface area (Å²) < 4.78 is 30.7. The highest BCUT2D eigenvalue weighted by molar-refractivity contribution is 5.69. The summed E-state index contributed by atoms with van der Waals surface area (Å²) in [6.45, 7) is 1.40. The third-order valence-corrected chi connectivity index (χ3v) is 4.49. The summed E-state index contributed by atoms with van der Waals surface area (Å²) in [4.78, 5) is 27.1. The molecule has 0 aromatic carbocycles. The lowest BCUT2D eigenvalue weighted by molar-refractivity contribution is -0.151. The van der Waals surface area contributed by atoms with Gasteiger partial charge in [0, 0.05) is 6.42 Å². The first-order valence-electron chi connectivity index (χ1n) is 8.62. The number of nitrogens with zero attached hydrogens (tertiary/aromatic N) is 4. The monoisotopic (exact) mass is 374 g/mol. The number of hydrogen-bond donors (Lipinski definition) is 1. The van der Waals surface area contributed by atoms with Crippen molar-refractivity contribution in [2.45, 2.75) is 37.3 Å². The van der Waals surface area contributed by atoms with Crippen LogP contribution in [0.15, 0.2) is 18.4 Å². The summed E-state index contributed by atoms with van der Waals surface area (Å²) in [5.74, 6) is -0.427. The van der Waals surface area contributed by atoms with Crippen LogP contribution in [-0.4, -0.2) is 51.6 Å². The standard InChI is InChI=1S/C16H15N5O6/c1-2-11(22)24-5-9-12-13(26-15(23)25-12)16(6-17,27-9)10-4-3-8-14(18)19-7-20-21(8)10/h3-4,7,9,12-13H,2,5H2,1H3,(H2,18,19,20)/t9-,12-,13-,16+/m1/s1/i3D. The number of esters is 1. The highest BCUT2D eigenvalue weighted by Crippen LogP contribution is 2.46. The van der Waals surface area contributed by atoms with Crippen molar-refractivity contribution in [1.29, 1.82) is 5.26 Å². The largest absolute Gasteiger partial charge is 0.509 e. The van der Waals surface area contributed by atoms with Gasteiger partial charge in [-0.1, -0.05) is 6.92 Å². The van der Waals surface area contributed by atoms with E-state index < -0.39 is 36.0 Å². The quantitative estimate of drug-likeness (QED) is 0.739. The van der Waals surface area contributed by atoms with Crippen LogP contribution in [0, 0.1) is 11.3 Å². The summed E-state index contributed by atoms with van der Waals surface area (Å²) in [5, 5.41) is 14.1. The van der Waals surface area contributed by atoms with E-state index in [9.17, 15) is 14.9 Å². The molecule has 27 heavy (non-hydrogen) atoms. The number of hydrogen-bond acceptors (Lipinski definition) is 10. The van der Waals surface area contributed by atoms with Gasteiger partial charge in [-0.2, -0.15) is 10.4 Å². The van der Waals surface area contributed by atoms with E-state index in [4.69, 9.17) is 26.1 Å². The zero-order chi connectivity index (χ0) is 20.1. The second kappa shape index (κ2) is 6.10. The second-order valence-electron chi connectivity index (χ2n) is 5.99. The Labute approximate surface area is 154 Å². The van der Waals surface area contributed by atoms with Crippen LogP contribution in [-0.2, 0) is 29.3 Å². The van der Waals surface area contributed by atoms with E-state index in [2.05, 4.69) is 10.1 Å². The first-order chi connectivity index (χ1) is 13.4. The van der Waals surface area contributed by atoms with E-state index >= 15 is 0 Å². The molecular weight excluding hydrogens is 358 g/mol. The predicted octanol–water partition coefficient (Wildman–Crippen LogP) is 0.286. The molecule has 2 N–H and O–H groups in total. The van der Waals surface area contributed by atoms with Crippen LogP contribution in [0.25, 0.3) is 5.52 Å². The van der Waals surface area contributed by atoms with Crippen molar-refractivity contribution >= 4 is 23.5 Å². The lowest BCUT2D eigenvalue weighted by Gasteiger charge is -2.24. The zero-order valence-electron chi connectivity index (χ0n) is 15.1. The van der Waals surface area contributed by atoms with Crippen molar-refractivity contribution in [1.82, 2.24) is 14.6 Å². The van der Waals surface area contributed by atoms with Gasteiger partial charge in [0.15, 0.2) is 18.0 Å². The smallest absolute Gasteiger partial charge is 0.463 e. The number of fused-ring (bicyclic) bond motifs is 2. The van der Waals surface area contributed by atoms with Gasteiger partial charge in [0.2, 0.25) is 5.60 Å². The number of anilines is 1. The number of nitrogen functional groups attached to an aromatic ring is 1. The molecular formula is C16H15N5O6. The number of carbonyl (C=O) groups is 2. The van der Waals surface area contributed by atoms with Crippen LogP contribution in [0.5, 0.6) is 0 Å². The molecule has 4 rings (SSSR count). The van der Waals surface area contributed by atoms with Crippen LogP contribution >= 0.6 is 0 Å². The van der Waals surface area contributed by atoms with E-state index in [-0.39, 0.29) is 36.1 Å². The highest BCUT2D eigenvalue weighted by Gasteiger charge is 2.65. The van der Waals surface area contributed by atoms with E-state index in [1.165, 1.54) is 16.9 Å². The van der Waals surface area contributed by atoms with Crippen LogP contribution in [0.4, 0.5) is 10.6 Å². The second-order valence-corrected chi connectivity index (χ2v) is 5.99. The average Bonchev–Trinajstić information content (AvgIpc) is 3.31. The van der Waals surface area contributed by atoms with Crippen molar-refractivity contribution in [3.8, 4) is 6.07 Å². The fourth-order valence-electron chi connectivity index (χ4n) is 3.24. The Morgan fingerprint density at radius 2 is 2.41 bits per heavy atom. The van der Waals surface area contributed by atoms with Gasteiger partial charge in [0.1, 0.15) is 30.6 Å². The number of ether oxygens (including phenoxy) is 4. The molecule has 11 nitrogen and oxygen atoms in total. The van der Waals surface area contributed by atoms with E-state index in [0.29, 0.717) is 0 Å². The Hall–Kier alpha value is -3.39. The molecule has 0 unspecified atom stereocenters. The maximum Gasteiger partial charge on any atom is 0.509 e. The molecule has 140 valence electrons. The van der Waals surface area contributed by atoms with Crippen molar-refractivity contribution in [2.75, 3.05) is 12.3 Å². The van der Waals surface area contributed by atoms with Gasteiger partial charge < -0.3 is 24.7 Å². The first-order valence-corrected chi connectivity index (χ1v) is 8.12. The van der Waals surface area contributed by atoms with E-state index in [0.717, 1.165) is 0 Å².